The maximum Gasteiger partial charge on any atom is 0.0992 e. The van der Waals surface area contributed by atoms with Crippen molar-refractivity contribution in [1.29, 1.82) is 5.26 Å². The van der Waals surface area contributed by atoms with Gasteiger partial charge in [-0.1, -0.05) is 115 Å². The van der Waals surface area contributed by atoms with Gasteiger partial charge in [0, 0.05) is 34.4 Å². The number of para-hydroxylation sites is 1. The van der Waals surface area contributed by atoms with E-state index in [1.54, 1.807) is 0 Å². The normalized spacial score (nSPS) is 11.5. The Kier molecular flexibility index (Phi) is 6.56. The van der Waals surface area contributed by atoms with Crippen molar-refractivity contribution in [2.24, 2.45) is 0 Å². The van der Waals surface area contributed by atoms with Crippen LogP contribution in [0, 0.1) is 11.3 Å². The summed E-state index contributed by atoms with van der Waals surface area (Å²) < 4.78 is 2.27. The summed E-state index contributed by atoms with van der Waals surface area (Å²) in [5.41, 5.74) is 10.9. The van der Waals surface area contributed by atoms with Gasteiger partial charge in [0.15, 0.2) is 0 Å². The van der Waals surface area contributed by atoms with Crippen LogP contribution in [0.2, 0.25) is 0 Å². The zero-order valence-corrected chi connectivity index (χ0v) is 27.6. The van der Waals surface area contributed by atoms with Crippen LogP contribution in [-0.4, -0.2) is 9.55 Å². The molecule has 0 aliphatic rings. The summed E-state index contributed by atoms with van der Waals surface area (Å²) in [6, 6.07) is 60.7. The average molecular weight is 648 g/mol. The number of pyridine rings is 1. The van der Waals surface area contributed by atoms with Crippen LogP contribution in [0.5, 0.6) is 0 Å². The molecule has 236 valence electrons. The van der Waals surface area contributed by atoms with Gasteiger partial charge in [0.2, 0.25) is 0 Å². The number of benzene rings is 8. The van der Waals surface area contributed by atoms with Gasteiger partial charge in [-0.15, -0.1) is 0 Å². The Hall–Kier alpha value is -7.02. The second kappa shape index (κ2) is 11.6. The molecule has 10 rings (SSSR count). The number of aromatic nitrogens is 2. The first-order valence-electron chi connectivity index (χ1n) is 17.2. The molecule has 8 aromatic carbocycles. The molecular weight excluding hydrogens is 619 g/mol. The topological polar surface area (TPSA) is 41.6 Å². The Morgan fingerprint density at radius 1 is 0.412 bits per heavy atom. The third-order valence-electron chi connectivity index (χ3n) is 10.3. The first kappa shape index (κ1) is 28.9. The summed E-state index contributed by atoms with van der Waals surface area (Å²) in [5, 5.41) is 19.4. The molecule has 0 unspecified atom stereocenters. The quantitative estimate of drug-likeness (QED) is 0.178. The molecule has 0 bridgehead atoms. The average Bonchev–Trinajstić information content (AvgIpc) is 3.53. The van der Waals surface area contributed by atoms with Gasteiger partial charge < -0.3 is 4.57 Å². The van der Waals surface area contributed by atoms with Crippen molar-refractivity contribution in [3.63, 3.8) is 0 Å². The number of hydrogen-bond donors (Lipinski definition) is 0. The van der Waals surface area contributed by atoms with Gasteiger partial charge >= 0.3 is 0 Å². The fourth-order valence-corrected chi connectivity index (χ4v) is 7.92. The fourth-order valence-electron chi connectivity index (χ4n) is 7.92. The maximum absolute atomic E-state index is 9.68. The van der Waals surface area contributed by atoms with Gasteiger partial charge in [-0.05, 0) is 109 Å². The van der Waals surface area contributed by atoms with E-state index >= 15 is 0 Å². The molecule has 0 N–H and O–H groups in total. The molecule has 0 spiro atoms. The largest absolute Gasteiger partial charge is 0.309 e. The number of nitrogens with zero attached hydrogens (tertiary/aromatic N) is 3. The summed E-state index contributed by atoms with van der Waals surface area (Å²) in [5.74, 6) is 0. The monoisotopic (exact) mass is 647 g/mol. The molecule has 0 aliphatic carbocycles. The van der Waals surface area contributed by atoms with Crippen LogP contribution in [0.1, 0.15) is 5.56 Å². The molecule has 0 fully saturated rings. The third kappa shape index (κ3) is 4.62. The molecule has 0 saturated heterocycles. The van der Waals surface area contributed by atoms with E-state index in [1.165, 1.54) is 54.4 Å². The number of fused-ring (bicyclic) bond motifs is 8. The van der Waals surface area contributed by atoms with Crippen LogP contribution >= 0.6 is 0 Å². The molecule has 10 aromatic rings. The molecule has 0 atom stereocenters. The number of hydrogen-bond acceptors (Lipinski definition) is 2. The Morgan fingerprint density at radius 3 is 1.63 bits per heavy atom. The fraction of sp³-hybridized carbons (Fsp3) is 0. The number of nitriles is 1. The van der Waals surface area contributed by atoms with Gasteiger partial charge in [-0.25, -0.2) is 0 Å². The van der Waals surface area contributed by atoms with E-state index in [0.717, 1.165) is 38.8 Å². The smallest absolute Gasteiger partial charge is 0.0992 e. The van der Waals surface area contributed by atoms with E-state index in [2.05, 4.69) is 155 Å². The van der Waals surface area contributed by atoms with Crippen LogP contribution in [0.15, 0.2) is 176 Å². The van der Waals surface area contributed by atoms with Gasteiger partial charge in [-0.2, -0.15) is 5.26 Å². The highest BCUT2D eigenvalue weighted by atomic mass is 15.0. The summed E-state index contributed by atoms with van der Waals surface area (Å²) in [4.78, 5) is 4.43. The van der Waals surface area contributed by atoms with Crippen LogP contribution in [0.4, 0.5) is 0 Å². The standard InChI is InChI=1S/C48H29N3/c49-29-31-16-22-41-42-23-21-34(26-48(42)51(47(41)25-31)36-10-2-1-3-11-36)32-17-19-33(20-18-32)43-27-45-40-15-7-5-13-38(40)44(35-9-8-24-50-30-35)28-46(45)39-14-6-4-12-37(39)43/h1-28,30H. The minimum Gasteiger partial charge on any atom is -0.309 e. The van der Waals surface area contributed by atoms with Gasteiger partial charge in [0.05, 0.1) is 22.7 Å². The van der Waals surface area contributed by atoms with E-state index in [1.807, 2.05) is 36.7 Å². The minimum absolute atomic E-state index is 0.654. The lowest BCUT2D eigenvalue weighted by atomic mass is 9.88. The van der Waals surface area contributed by atoms with Gasteiger partial charge in [0.1, 0.15) is 0 Å². The highest BCUT2D eigenvalue weighted by Crippen LogP contribution is 2.42. The zero-order chi connectivity index (χ0) is 33.9. The predicted molar refractivity (Wildman–Crippen MR) is 212 cm³/mol. The molecule has 2 aromatic heterocycles. The van der Waals surface area contributed by atoms with Crippen molar-refractivity contribution < 1.29 is 0 Å². The Morgan fingerprint density at radius 2 is 0.980 bits per heavy atom. The molecule has 0 amide bonds. The van der Waals surface area contributed by atoms with E-state index < -0.39 is 0 Å². The lowest BCUT2D eigenvalue weighted by Gasteiger charge is -2.16. The minimum atomic E-state index is 0.654. The van der Waals surface area contributed by atoms with Crippen molar-refractivity contribution in [3.8, 4) is 45.1 Å². The summed E-state index contributed by atoms with van der Waals surface area (Å²) >= 11 is 0. The van der Waals surface area contributed by atoms with E-state index in [0.29, 0.717) is 5.56 Å². The highest BCUT2D eigenvalue weighted by Gasteiger charge is 2.16. The van der Waals surface area contributed by atoms with E-state index in [-0.39, 0.29) is 0 Å². The molecule has 0 saturated carbocycles. The van der Waals surface area contributed by atoms with Crippen molar-refractivity contribution in [1.82, 2.24) is 9.55 Å². The second-order valence-electron chi connectivity index (χ2n) is 13.1. The third-order valence-corrected chi connectivity index (χ3v) is 10.3. The van der Waals surface area contributed by atoms with Crippen LogP contribution in [0.25, 0.3) is 93.2 Å². The van der Waals surface area contributed by atoms with E-state index in [9.17, 15) is 5.26 Å². The lowest BCUT2D eigenvalue weighted by molar-refractivity contribution is 1.18. The Balaban J connectivity index is 1.13. The molecule has 0 radical (unpaired) electrons. The zero-order valence-electron chi connectivity index (χ0n) is 27.6. The van der Waals surface area contributed by atoms with E-state index in [4.69, 9.17) is 0 Å². The second-order valence-corrected chi connectivity index (χ2v) is 13.1. The SMILES string of the molecule is N#Cc1ccc2c3ccc(-c4ccc(-c5cc6c7ccccc7c(-c7cccnc7)cc6c6ccccc56)cc4)cc3n(-c3ccccc3)c2c1. The number of rotatable bonds is 4. The highest BCUT2D eigenvalue weighted by molar-refractivity contribution is 6.23. The molecule has 3 heteroatoms. The summed E-state index contributed by atoms with van der Waals surface area (Å²) in [7, 11) is 0. The van der Waals surface area contributed by atoms with Crippen LogP contribution < -0.4 is 0 Å². The van der Waals surface area contributed by atoms with Crippen molar-refractivity contribution >= 4 is 54.1 Å². The van der Waals surface area contributed by atoms with Gasteiger partial charge in [0.25, 0.3) is 0 Å². The molecular formula is C48H29N3. The summed E-state index contributed by atoms with van der Waals surface area (Å²) in [6.45, 7) is 0. The molecule has 3 nitrogen and oxygen atoms in total. The first-order chi connectivity index (χ1) is 25.2. The van der Waals surface area contributed by atoms with Gasteiger partial charge in [-0.3, -0.25) is 4.98 Å². The Labute approximate surface area is 294 Å². The lowest BCUT2D eigenvalue weighted by Crippen LogP contribution is -1.93. The maximum atomic E-state index is 9.68. The van der Waals surface area contributed by atoms with Crippen molar-refractivity contribution in [2.45, 2.75) is 0 Å². The molecule has 0 aliphatic heterocycles. The van der Waals surface area contributed by atoms with Crippen molar-refractivity contribution in [2.75, 3.05) is 0 Å². The van der Waals surface area contributed by atoms with Crippen LogP contribution in [-0.2, 0) is 0 Å². The molecule has 51 heavy (non-hydrogen) atoms. The van der Waals surface area contributed by atoms with Crippen molar-refractivity contribution in [3.05, 3.63) is 182 Å². The van der Waals surface area contributed by atoms with Crippen LogP contribution in [0.3, 0.4) is 0 Å². The Bertz CT molecular complexity index is 3000. The molecule has 2 heterocycles. The first-order valence-corrected chi connectivity index (χ1v) is 17.2. The summed E-state index contributed by atoms with van der Waals surface area (Å²) in [6.07, 6.45) is 3.78. The predicted octanol–water partition coefficient (Wildman–Crippen LogP) is 12.5.